The number of nitrogen functional groups attached to an aromatic ring is 1. The van der Waals surface area contributed by atoms with Gasteiger partial charge in [0.2, 0.25) is 0 Å². The van der Waals surface area contributed by atoms with Crippen LogP contribution in [-0.2, 0) is 6.54 Å². The molecule has 6 nitrogen and oxygen atoms in total. The minimum Gasteiger partial charge on any atom is -0.496 e. The lowest BCUT2D eigenvalue weighted by Crippen LogP contribution is -2.11. The predicted molar refractivity (Wildman–Crippen MR) is 73.1 cm³/mol. The largest absolute Gasteiger partial charge is 0.496 e. The Kier molecular flexibility index (Phi) is 3.92. The molecular formula is C12H15ClN4O2. The van der Waals surface area contributed by atoms with E-state index in [2.05, 4.69) is 10.1 Å². The van der Waals surface area contributed by atoms with Crippen LogP contribution in [0.25, 0.3) is 11.5 Å². The van der Waals surface area contributed by atoms with Crippen molar-refractivity contribution in [2.45, 2.75) is 6.54 Å². The second-order valence-electron chi connectivity index (χ2n) is 4.33. The van der Waals surface area contributed by atoms with E-state index < -0.39 is 0 Å². The van der Waals surface area contributed by atoms with Gasteiger partial charge in [0.05, 0.1) is 29.9 Å². The molecule has 0 amide bonds. The Bertz CT molecular complexity index is 583. The summed E-state index contributed by atoms with van der Waals surface area (Å²) in [5, 5.41) is 4.32. The number of halogens is 1. The summed E-state index contributed by atoms with van der Waals surface area (Å²) in [5.74, 6) is 1.49. The van der Waals surface area contributed by atoms with Crippen LogP contribution in [-0.4, -0.2) is 36.2 Å². The van der Waals surface area contributed by atoms with Crippen LogP contribution >= 0.6 is 11.6 Å². The molecule has 19 heavy (non-hydrogen) atoms. The Hall–Kier alpha value is -1.79. The summed E-state index contributed by atoms with van der Waals surface area (Å²) in [6, 6.07) is 3.29. The van der Waals surface area contributed by atoms with Crippen LogP contribution in [0.2, 0.25) is 5.02 Å². The Balaban J connectivity index is 2.40. The summed E-state index contributed by atoms with van der Waals surface area (Å²) in [5.41, 5.74) is 6.79. The number of rotatable bonds is 4. The van der Waals surface area contributed by atoms with E-state index >= 15 is 0 Å². The Labute approximate surface area is 116 Å². The molecule has 1 heterocycles. The summed E-state index contributed by atoms with van der Waals surface area (Å²) in [6.45, 7) is 0.592. The molecular weight excluding hydrogens is 268 g/mol. The van der Waals surface area contributed by atoms with Gasteiger partial charge < -0.3 is 19.9 Å². The number of benzene rings is 1. The molecule has 0 spiro atoms. The summed E-state index contributed by atoms with van der Waals surface area (Å²) in [7, 11) is 5.40. The quantitative estimate of drug-likeness (QED) is 0.865. The molecule has 1 aromatic heterocycles. The van der Waals surface area contributed by atoms with Crippen LogP contribution in [0, 0.1) is 0 Å². The lowest BCUT2D eigenvalue weighted by Gasteiger charge is -2.07. The molecule has 1 aromatic carbocycles. The number of nitrogens with zero attached hydrogens (tertiary/aromatic N) is 3. The molecule has 102 valence electrons. The van der Waals surface area contributed by atoms with Crippen molar-refractivity contribution in [1.29, 1.82) is 0 Å². The van der Waals surface area contributed by atoms with E-state index in [1.54, 1.807) is 19.2 Å². The molecule has 2 rings (SSSR count). The van der Waals surface area contributed by atoms with Gasteiger partial charge in [0.1, 0.15) is 5.75 Å². The first-order valence-electron chi connectivity index (χ1n) is 5.62. The van der Waals surface area contributed by atoms with Crippen LogP contribution in [0.3, 0.4) is 0 Å². The average Bonchev–Trinajstić information content (AvgIpc) is 2.79. The van der Waals surface area contributed by atoms with E-state index in [1.807, 2.05) is 19.0 Å². The predicted octanol–water partition coefficient (Wildman–Crippen LogP) is 2.04. The van der Waals surface area contributed by atoms with Crippen molar-refractivity contribution < 1.29 is 9.26 Å². The third-order valence-corrected chi connectivity index (χ3v) is 2.80. The van der Waals surface area contributed by atoms with Crippen molar-refractivity contribution >= 4 is 17.3 Å². The fourth-order valence-electron chi connectivity index (χ4n) is 1.62. The van der Waals surface area contributed by atoms with Crippen molar-refractivity contribution in [2.75, 3.05) is 26.9 Å². The summed E-state index contributed by atoms with van der Waals surface area (Å²) in [4.78, 5) is 6.25. The second-order valence-corrected chi connectivity index (χ2v) is 4.73. The first-order chi connectivity index (χ1) is 9.01. The number of hydrogen-bond donors (Lipinski definition) is 1. The van der Waals surface area contributed by atoms with E-state index in [1.165, 1.54) is 0 Å². The normalized spacial score (nSPS) is 11.0. The molecule has 0 fully saturated rings. The molecule has 0 aliphatic heterocycles. The molecule has 0 saturated heterocycles. The molecule has 0 saturated carbocycles. The van der Waals surface area contributed by atoms with E-state index in [0.717, 1.165) is 0 Å². The Morgan fingerprint density at radius 2 is 2.16 bits per heavy atom. The van der Waals surface area contributed by atoms with Gasteiger partial charge in [-0.2, -0.15) is 4.98 Å². The average molecular weight is 283 g/mol. The zero-order valence-electron chi connectivity index (χ0n) is 11.0. The number of anilines is 1. The van der Waals surface area contributed by atoms with Gasteiger partial charge in [-0.05, 0) is 20.2 Å². The highest BCUT2D eigenvalue weighted by molar-refractivity contribution is 6.33. The summed E-state index contributed by atoms with van der Waals surface area (Å²) >= 11 is 6.01. The lowest BCUT2D eigenvalue weighted by molar-refractivity contribution is 0.364. The smallest absolute Gasteiger partial charge is 0.261 e. The highest BCUT2D eigenvalue weighted by Crippen LogP contribution is 2.35. The zero-order chi connectivity index (χ0) is 14.0. The molecule has 7 heteroatoms. The maximum absolute atomic E-state index is 6.01. The van der Waals surface area contributed by atoms with Gasteiger partial charge in [0.25, 0.3) is 5.89 Å². The van der Waals surface area contributed by atoms with Gasteiger partial charge in [0.15, 0.2) is 5.82 Å². The molecule has 0 atom stereocenters. The number of hydrogen-bond acceptors (Lipinski definition) is 6. The molecule has 0 bridgehead atoms. The number of methoxy groups -OCH3 is 1. The van der Waals surface area contributed by atoms with Gasteiger partial charge in [-0.15, -0.1) is 0 Å². The van der Waals surface area contributed by atoms with Crippen LogP contribution in [0.5, 0.6) is 5.75 Å². The second kappa shape index (κ2) is 5.46. The molecule has 0 unspecified atom stereocenters. The Morgan fingerprint density at radius 1 is 1.42 bits per heavy atom. The third-order valence-electron chi connectivity index (χ3n) is 2.47. The third kappa shape index (κ3) is 2.97. The monoisotopic (exact) mass is 282 g/mol. The van der Waals surface area contributed by atoms with Gasteiger partial charge in [0, 0.05) is 6.07 Å². The maximum atomic E-state index is 6.01. The van der Waals surface area contributed by atoms with Crippen molar-refractivity contribution in [1.82, 2.24) is 15.0 Å². The fourth-order valence-corrected chi connectivity index (χ4v) is 1.78. The van der Waals surface area contributed by atoms with Gasteiger partial charge in [-0.3, -0.25) is 0 Å². The highest BCUT2D eigenvalue weighted by atomic mass is 35.5. The minimum atomic E-state index is 0.357. The van der Waals surface area contributed by atoms with Gasteiger partial charge >= 0.3 is 0 Å². The number of nitrogens with two attached hydrogens (primary N) is 1. The Morgan fingerprint density at radius 3 is 2.79 bits per heavy atom. The van der Waals surface area contributed by atoms with E-state index in [-0.39, 0.29) is 0 Å². The topological polar surface area (TPSA) is 77.4 Å². The molecule has 0 aliphatic rings. The lowest BCUT2D eigenvalue weighted by atomic mass is 10.2. The highest BCUT2D eigenvalue weighted by Gasteiger charge is 2.16. The summed E-state index contributed by atoms with van der Waals surface area (Å²) < 4.78 is 10.5. The van der Waals surface area contributed by atoms with Crippen molar-refractivity contribution in [3.05, 3.63) is 23.0 Å². The van der Waals surface area contributed by atoms with Crippen LogP contribution in [0.15, 0.2) is 16.7 Å². The first kappa shape index (κ1) is 13.6. The van der Waals surface area contributed by atoms with Crippen LogP contribution < -0.4 is 10.5 Å². The fraction of sp³-hybridized carbons (Fsp3) is 0.333. The SMILES string of the molecule is COc1cc(N)c(Cl)cc1-c1nc(CN(C)C)no1. The first-order valence-corrected chi connectivity index (χ1v) is 5.99. The zero-order valence-corrected chi connectivity index (χ0v) is 11.7. The molecule has 0 radical (unpaired) electrons. The number of ether oxygens (including phenoxy) is 1. The maximum Gasteiger partial charge on any atom is 0.261 e. The number of aromatic nitrogens is 2. The summed E-state index contributed by atoms with van der Waals surface area (Å²) in [6.07, 6.45) is 0. The van der Waals surface area contributed by atoms with Crippen molar-refractivity contribution in [3.63, 3.8) is 0 Å². The van der Waals surface area contributed by atoms with Crippen LogP contribution in [0.1, 0.15) is 5.82 Å². The van der Waals surface area contributed by atoms with Gasteiger partial charge in [-0.1, -0.05) is 16.8 Å². The minimum absolute atomic E-state index is 0.357. The van der Waals surface area contributed by atoms with Gasteiger partial charge in [-0.25, -0.2) is 0 Å². The standard InChI is InChI=1S/C12H15ClN4O2/c1-17(2)6-11-15-12(19-16-11)7-4-8(13)9(14)5-10(7)18-3/h4-5H,6,14H2,1-3H3. The van der Waals surface area contributed by atoms with E-state index in [9.17, 15) is 0 Å². The van der Waals surface area contributed by atoms with Crippen molar-refractivity contribution in [2.24, 2.45) is 0 Å². The van der Waals surface area contributed by atoms with Crippen LogP contribution in [0.4, 0.5) is 5.69 Å². The van der Waals surface area contributed by atoms with E-state index in [4.69, 9.17) is 26.6 Å². The molecule has 2 N–H and O–H groups in total. The molecule has 2 aromatic rings. The van der Waals surface area contributed by atoms with E-state index in [0.29, 0.717) is 40.3 Å². The van der Waals surface area contributed by atoms with Crippen molar-refractivity contribution in [3.8, 4) is 17.2 Å². The molecule has 0 aliphatic carbocycles.